The Labute approximate surface area is 95.8 Å². The fraction of sp³-hybridized carbons (Fsp3) is 0.636. The maximum Gasteiger partial charge on any atom is 0.412 e. The summed E-state index contributed by atoms with van der Waals surface area (Å²) in [6.07, 6.45) is 2.91. The highest BCUT2D eigenvalue weighted by Crippen LogP contribution is 2.12. The van der Waals surface area contributed by atoms with E-state index < -0.39 is 11.7 Å². The van der Waals surface area contributed by atoms with Crippen LogP contribution < -0.4 is 5.32 Å². The lowest BCUT2D eigenvalue weighted by Gasteiger charge is -2.19. The van der Waals surface area contributed by atoms with Gasteiger partial charge in [0.15, 0.2) is 0 Å². The zero-order valence-electron chi connectivity index (χ0n) is 10.4. The minimum Gasteiger partial charge on any atom is -0.444 e. The summed E-state index contributed by atoms with van der Waals surface area (Å²) >= 11 is 0. The highest BCUT2D eigenvalue weighted by Gasteiger charge is 2.16. The van der Waals surface area contributed by atoms with E-state index in [0.717, 1.165) is 0 Å². The van der Waals surface area contributed by atoms with Crippen LogP contribution in [0.1, 0.15) is 40.7 Å². The molecule has 1 heterocycles. The molecule has 90 valence electrons. The molecule has 16 heavy (non-hydrogen) atoms. The fourth-order valence-electron chi connectivity index (χ4n) is 1.11. The molecule has 0 aliphatic rings. The lowest BCUT2D eigenvalue weighted by atomic mass is 10.2. The maximum absolute atomic E-state index is 11.4. The molecular weight excluding hydrogens is 206 g/mol. The van der Waals surface area contributed by atoms with Crippen molar-refractivity contribution in [2.24, 2.45) is 0 Å². The van der Waals surface area contributed by atoms with Crippen LogP contribution >= 0.6 is 0 Å². The van der Waals surface area contributed by atoms with Gasteiger partial charge in [-0.05, 0) is 34.6 Å². The second kappa shape index (κ2) is 4.55. The van der Waals surface area contributed by atoms with Crippen molar-refractivity contribution in [2.45, 2.75) is 46.3 Å². The molecule has 5 heteroatoms. The monoisotopic (exact) mass is 225 g/mol. The van der Waals surface area contributed by atoms with Gasteiger partial charge in [0.2, 0.25) is 0 Å². The average molecular weight is 225 g/mol. The first-order valence-electron chi connectivity index (χ1n) is 5.32. The van der Waals surface area contributed by atoms with Crippen molar-refractivity contribution in [1.29, 1.82) is 0 Å². The number of ether oxygens (including phenoxy) is 1. The molecule has 1 aromatic rings. The van der Waals surface area contributed by atoms with Gasteiger partial charge in [0.1, 0.15) is 5.60 Å². The fourth-order valence-corrected chi connectivity index (χ4v) is 1.11. The highest BCUT2D eigenvalue weighted by molar-refractivity contribution is 5.84. The van der Waals surface area contributed by atoms with Gasteiger partial charge in [0.25, 0.3) is 0 Å². The summed E-state index contributed by atoms with van der Waals surface area (Å²) in [5.74, 6) is 0. The van der Waals surface area contributed by atoms with Crippen LogP contribution in [0.2, 0.25) is 0 Å². The van der Waals surface area contributed by atoms with Crippen molar-refractivity contribution in [3.8, 4) is 0 Å². The molecule has 5 nitrogen and oxygen atoms in total. The molecule has 0 radical (unpaired) electrons. The van der Waals surface area contributed by atoms with Crippen molar-refractivity contribution in [3.05, 3.63) is 12.4 Å². The Morgan fingerprint density at radius 2 is 2.12 bits per heavy atom. The Kier molecular flexibility index (Phi) is 3.57. The van der Waals surface area contributed by atoms with Crippen LogP contribution in [0.4, 0.5) is 10.5 Å². The number of hydrogen-bond acceptors (Lipinski definition) is 3. The van der Waals surface area contributed by atoms with E-state index in [9.17, 15) is 4.79 Å². The van der Waals surface area contributed by atoms with Gasteiger partial charge in [-0.1, -0.05) is 0 Å². The van der Waals surface area contributed by atoms with Crippen LogP contribution in [0.15, 0.2) is 12.4 Å². The normalized spacial score (nSPS) is 11.6. The number of hydrogen-bond donors (Lipinski definition) is 1. The van der Waals surface area contributed by atoms with Gasteiger partial charge in [0, 0.05) is 12.2 Å². The second-order valence-electron chi connectivity index (χ2n) is 4.93. The number of carbonyl (C=O) groups is 1. The minimum absolute atomic E-state index is 0.272. The lowest BCUT2D eigenvalue weighted by molar-refractivity contribution is 0.0636. The number of aromatic nitrogens is 2. The molecule has 0 bridgehead atoms. The first-order valence-corrected chi connectivity index (χ1v) is 5.32. The molecular formula is C11H19N3O2. The topological polar surface area (TPSA) is 56.2 Å². The standard InChI is InChI=1S/C11H19N3O2/c1-8(2)14-7-9(6-12-14)13-10(15)16-11(3,4)5/h6-8H,1-5H3,(H,13,15). The second-order valence-corrected chi connectivity index (χ2v) is 4.93. The number of nitrogens with one attached hydrogen (secondary N) is 1. The van der Waals surface area contributed by atoms with E-state index >= 15 is 0 Å². The van der Waals surface area contributed by atoms with Crippen LogP contribution in [0, 0.1) is 0 Å². The van der Waals surface area contributed by atoms with E-state index in [-0.39, 0.29) is 6.04 Å². The van der Waals surface area contributed by atoms with Crippen molar-refractivity contribution < 1.29 is 9.53 Å². The van der Waals surface area contributed by atoms with Gasteiger partial charge >= 0.3 is 6.09 Å². The van der Waals surface area contributed by atoms with Crippen LogP contribution in [-0.4, -0.2) is 21.5 Å². The van der Waals surface area contributed by atoms with Crippen molar-refractivity contribution in [3.63, 3.8) is 0 Å². The Morgan fingerprint density at radius 3 is 2.56 bits per heavy atom. The van der Waals surface area contributed by atoms with E-state index in [4.69, 9.17) is 4.74 Å². The van der Waals surface area contributed by atoms with Crippen LogP contribution in [0.3, 0.4) is 0 Å². The Bertz CT molecular complexity index is 364. The molecule has 0 saturated carbocycles. The molecule has 0 unspecified atom stereocenters. The van der Waals surface area contributed by atoms with E-state index in [1.807, 2.05) is 34.6 Å². The number of nitrogens with zero attached hydrogens (tertiary/aromatic N) is 2. The molecule has 0 saturated heterocycles. The largest absolute Gasteiger partial charge is 0.444 e. The lowest BCUT2D eigenvalue weighted by Crippen LogP contribution is -2.27. The smallest absolute Gasteiger partial charge is 0.412 e. The number of rotatable bonds is 2. The number of amides is 1. The molecule has 0 aliphatic heterocycles. The molecule has 0 aromatic carbocycles. The van der Waals surface area contributed by atoms with Gasteiger partial charge in [0.05, 0.1) is 11.9 Å². The molecule has 0 fully saturated rings. The van der Waals surface area contributed by atoms with E-state index in [1.165, 1.54) is 0 Å². The Morgan fingerprint density at radius 1 is 1.50 bits per heavy atom. The van der Waals surface area contributed by atoms with Crippen LogP contribution in [0.5, 0.6) is 0 Å². The SMILES string of the molecule is CC(C)n1cc(NC(=O)OC(C)(C)C)cn1. The van der Waals surface area contributed by atoms with Crippen molar-refractivity contribution in [1.82, 2.24) is 9.78 Å². The predicted octanol–water partition coefficient (Wildman–Crippen LogP) is 2.81. The number of carbonyl (C=O) groups excluding carboxylic acids is 1. The van der Waals surface area contributed by atoms with Gasteiger partial charge in [-0.2, -0.15) is 5.10 Å². The van der Waals surface area contributed by atoms with Crippen molar-refractivity contribution in [2.75, 3.05) is 5.32 Å². The zero-order chi connectivity index (χ0) is 12.3. The van der Waals surface area contributed by atoms with E-state index in [2.05, 4.69) is 10.4 Å². The summed E-state index contributed by atoms with van der Waals surface area (Å²) in [6.45, 7) is 9.51. The summed E-state index contributed by atoms with van der Waals surface area (Å²) in [6, 6.07) is 0.272. The van der Waals surface area contributed by atoms with E-state index in [1.54, 1.807) is 17.1 Å². The molecule has 1 N–H and O–H groups in total. The minimum atomic E-state index is -0.488. The van der Waals surface area contributed by atoms with Crippen molar-refractivity contribution >= 4 is 11.8 Å². The third kappa shape index (κ3) is 3.92. The molecule has 1 rings (SSSR count). The average Bonchev–Trinajstić information content (AvgIpc) is 2.48. The third-order valence-electron chi connectivity index (χ3n) is 1.78. The summed E-state index contributed by atoms with van der Waals surface area (Å²) in [5, 5.41) is 6.74. The van der Waals surface area contributed by atoms with Gasteiger partial charge < -0.3 is 4.74 Å². The summed E-state index contributed by atoms with van der Waals surface area (Å²) in [5.41, 5.74) is 0.154. The quantitative estimate of drug-likeness (QED) is 0.842. The molecule has 0 aliphatic carbocycles. The summed E-state index contributed by atoms with van der Waals surface area (Å²) in [4.78, 5) is 11.4. The highest BCUT2D eigenvalue weighted by atomic mass is 16.6. The van der Waals surface area contributed by atoms with Crippen LogP contribution in [0.25, 0.3) is 0 Å². The predicted molar refractivity (Wildman–Crippen MR) is 62.5 cm³/mol. The first-order chi connectivity index (χ1) is 7.28. The van der Waals surface area contributed by atoms with Gasteiger partial charge in [-0.25, -0.2) is 4.79 Å². The summed E-state index contributed by atoms with van der Waals surface area (Å²) < 4.78 is 6.89. The molecule has 0 atom stereocenters. The van der Waals surface area contributed by atoms with E-state index in [0.29, 0.717) is 5.69 Å². The first kappa shape index (κ1) is 12.5. The van der Waals surface area contributed by atoms with Gasteiger partial charge in [-0.3, -0.25) is 10.00 Å². The Hall–Kier alpha value is -1.52. The zero-order valence-corrected chi connectivity index (χ0v) is 10.4. The Balaban J connectivity index is 2.57. The maximum atomic E-state index is 11.4. The van der Waals surface area contributed by atoms with Gasteiger partial charge in [-0.15, -0.1) is 0 Å². The third-order valence-corrected chi connectivity index (χ3v) is 1.78. The number of anilines is 1. The molecule has 1 amide bonds. The summed E-state index contributed by atoms with van der Waals surface area (Å²) in [7, 11) is 0. The molecule has 1 aromatic heterocycles. The molecule has 0 spiro atoms. The van der Waals surface area contributed by atoms with Crippen LogP contribution in [-0.2, 0) is 4.74 Å².